The summed E-state index contributed by atoms with van der Waals surface area (Å²) in [7, 11) is 0. The van der Waals surface area contributed by atoms with Crippen molar-refractivity contribution < 1.29 is 15.0 Å². The van der Waals surface area contributed by atoms with Crippen LogP contribution in [0.2, 0.25) is 0 Å². The van der Waals surface area contributed by atoms with Crippen molar-refractivity contribution in [1.29, 1.82) is 0 Å². The van der Waals surface area contributed by atoms with Gasteiger partial charge in [0.2, 0.25) is 0 Å². The van der Waals surface area contributed by atoms with E-state index in [4.69, 9.17) is 0 Å². The number of benzene rings is 2. The van der Waals surface area contributed by atoms with E-state index in [2.05, 4.69) is 5.32 Å². The number of aromatic hydroxyl groups is 1. The molecule has 2 aromatic carbocycles. The second kappa shape index (κ2) is 5.75. The molecule has 0 radical (unpaired) electrons. The highest BCUT2D eigenvalue weighted by Gasteiger charge is 2.14. The fraction of sp³-hybridized carbons (Fsp3) is 0.188. The van der Waals surface area contributed by atoms with Gasteiger partial charge in [0.15, 0.2) is 0 Å². The maximum absolute atomic E-state index is 12.2. The molecule has 2 rings (SSSR count). The van der Waals surface area contributed by atoms with E-state index in [1.807, 2.05) is 6.92 Å². The SMILES string of the molecule is Cc1ccc(C(=O)Nc2ccccc2C(C)O)c(O)c1. The van der Waals surface area contributed by atoms with Gasteiger partial charge in [0, 0.05) is 11.3 Å². The number of aliphatic hydroxyl groups is 1. The summed E-state index contributed by atoms with van der Waals surface area (Å²) < 4.78 is 0. The summed E-state index contributed by atoms with van der Waals surface area (Å²) in [5, 5.41) is 22.2. The van der Waals surface area contributed by atoms with E-state index in [9.17, 15) is 15.0 Å². The van der Waals surface area contributed by atoms with Crippen molar-refractivity contribution in [3.8, 4) is 5.75 Å². The number of carbonyl (C=O) groups excluding carboxylic acids is 1. The normalized spacial score (nSPS) is 11.9. The van der Waals surface area contributed by atoms with E-state index in [1.54, 1.807) is 43.3 Å². The lowest BCUT2D eigenvalue weighted by Gasteiger charge is -2.13. The van der Waals surface area contributed by atoms with Crippen LogP contribution in [0.4, 0.5) is 5.69 Å². The molecule has 20 heavy (non-hydrogen) atoms. The smallest absolute Gasteiger partial charge is 0.259 e. The molecule has 0 aliphatic rings. The second-order valence-electron chi connectivity index (χ2n) is 4.74. The first-order chi connectivity index (χ1) is 9.49. The summed E-state index contributed by atoms with van der Waals surface area (Å²) in [4.78, 5) is 12.2. The van der Waals surface area contributed by atoms with Gasteiger partial charge in [-0.15, -0.1) is 0 Å². The average molecular weight is 271 g/mol. The summed E-state index contributed by atoms with van der Waals surface area (Å²) >= 11 is 0. The number of carbonyl (C=O) groups is 1. The minimum atomic E-state index is -0.682. The van der Waals surface area contributed by atoms with Crippen LogP contribution in [0.5, 0.6) is 5.75 Å². The molecule has 0 aromatic heterocycles. The van der Waals surface area contributed by atoms with Crippen molar-refractivity contribution >= 4 is 11.6 Å². The van der Waals surface area contributed by atoms with E-state index in [-0.39, 0.29) is 11.3 Å². The fourth-order valence-electron chi connectivity index (χ4n) is 2.00. The largest absolute Gasteiger partial charge is 0.507 e. The second-order valence-corrected chi connectivity index (χ2v) is 4.74. The molecule has 0 bridgehead atoms. The lowest BCUT2D eigenvalue weighted by Crippen LogP contribution is -2.14. The van der Waals surface area contributed by atoms with Crippen molar-refractivity contribution in [3.05, 3.63) is 59.2 Å². The number of amides is 1. The van der Waals surface area contributed by atoms with Crippen LogP contribution in [-0.4, -0.2) is 16.1 Å². The Morgan fingerprint density at radius 3 is 2.55 bits per heavy atom. The highest BCUT2D eigenvalue weighted by atomic mass is 16.3. The maximum Gasteiger partial charge on any atom is 0.259 e. The maximum atomic E-state index is 12.2. The molecule has 104 valence electrons. The van der Waals surface area contributed by atoms with Crippen LogP contribution in [0.3, 0.4) is 0 Å². The van der Waals surface area contributed by atoms with Gasteiger partial charge in [-0.05, 0) is 37.6 Å². The Morgan fingerprint density at radius 1 is 1.20 bits per heavy atom. The van der Waals surface area contributed by atoms with Crippen LogP contribution in [-0.2, 0) is 0 Å². The summed E-state index contributed by atoms with van der Waals surface area (Å²) in [5.74, 6) is -0.465. The van der Waals surface area contributed by atoms with Crippen molar-refractivity contribution in [2.45, 2.75) is 20.0 Å². The Kier molecular flexibility index (Phi) is 4.05. The molecule has 0 spiro atoms. The molecule has 3 N–H and O–H groups in total. The Hall–Kier alpha value is -2.33. The molecule has 0 heterocycles. The number of nitrogens with one attached hydrogen (secondary N) is 1. The van der Waals surface area contributed by atoms with Gasteiger partial charge in [-0.3, -0.25) is 4.79 Å². The number of rotatable bonds is 3. The predicted octanol–water partition coefficient (Wildman–Crippen LogP) is 3.01. The van der Waals surface area contributed by atoms with Crippen LogP contribution in [0.15, 0.2) is 42.5 Å². The first-order valence-corrected chi connectivity index (χ1v) is 6.37. The number of para-hydroxylation sites is 1. The molecule has 0 fully saturated rings. The third kappa shape index (κ3) is 2.97. The third-order valence-electron chi connectivity index (χ3n) is 3.06. The Labute approximate surface area is 117 Å². The van der Waals surface area contributed by atoms with Gasteiger partial charge in [-0.1, -0.05) is 24.3 Å². The average Bonchev–Trinajstić information content (AvgIpc) is 2.38. The van der Waals surface area contributed by atoms with Crippen LogP contribution in [0.1, 0.15) is 34.5 Å². The van der Waals surface area contributed by atoms with E-state index >= 15 is 0 Å². The molecule has 0 saturated carbocycles. The monoisotopic (exact) mass is 271 g/mol. The first kappa shape index (κ1) is 14.1. The fourth-order valence-corrected chi connectivity index (χ4v) is 2.00. The van der Waals surface area contributed by atoms with E-state index in [0.717, 1.165) is 5.56 Å². The molecule has 0 aliphatic heterocycles. The molecule has 2 aromatic rings. The van der Waals surface area contributed by atoms with Crippen molar-refractivity contribution in [1.82, 2.24) is 0 Å². The molecule has 0 aliphatic carbocycles. The number of aliphatic hydroxyl groups excluding tert-OH is 1. The number of anilines is 1. The lowest BCUT2D eigenvalue weighted by molar-refractivity contribution is 0.102. The Bertz CT molecular complexity index is 635. The highest BCUT2D eigenvalue weighted by molar-refractivity contribution is 6.06. The lowest BCUT2D eigenvalue weighted by atomic mass is 10.1. The number of phenolic OH excluding ortho intramolecular Hbond substituents is 1. The van der Waals surface area contributed by atoms with Crippen LogP contribution in [0, 0.1) is 6.92 Å². The highest BCUT2D eigenvalue weighted by Crippen LogP contribution is 2.24. The van der Waals surface area contributed by atoms with Crippen LogP contribution < -0.4 is 5.32 Å². The van der Waals surface area contributed by atoms with Crippen molar-refractivity contribution in [2.24, 2.45) is 0 Å². The van der Waals surface area contributed by atoms with Gasteiger partial charge in [0.1, 0.15) is 5.75 Å². The minimum Gasteiger partial charge on any atom is -0.507 e. The number of hydrogen-bond acceptors (Lipinski definition) is 3. The third-order valence-corrected chi connectivity index (χ3v) is 3.06. The zero-order valence-corrected chi connectivity index (χ0v) is 11.4. The zero-order chi connectivity index (χ0) is 14.7. The molecule has 4 heteroatoms. The molecular formula is C16H17NO3. The summed E-state index contributed by atoms with van der Waals surface area (Å²) in [6.07, 6.45) is -0.682. The van der Waals surface area contributed by atoms with Gasteiger partial charge in [-0.2, -0.15) is 0 Å². The molecule has 1 amide bonds. The van der Waals surface area contributed by atoms with Gasteiger partial charge >= 0.3 is 0 Å². The van der Waals surface area contributed by atoms with Crippen LogP contribution in [0.25, 0.3) is 0 Å². The molecule has 1 atom stereocenters. The van der Waals surface area contributed by atoms with Crippen LogP contribution >= 0.6 is 0 Å². The molecule has 1 unspecified atom stereocenters. The Morgan fingerprint density at radius 2 is 1.90 bits per heavy atom. The number of phenols is 1. The van der Waals surface area contributed by atoms with E-state index in [0.29, 0.717) is 11.3 Å². The number of hydrogen-bond donors (Lipinski definition) is 3. The van der Waals surface area contributed by atoms with E-state index < -0.39 is 12.0 Å². The van der Waals surface area contributed by atoms with E-state index in [1.165, 1.54) is 6.07 Å². The zero-order valence-electron chi connectivity index (χ0n) is 11.4. The minimum absolute atomic E-state index is 0.0583. The summed E-state index contributed by atoms with van der Waals surface area (Å²) in [5.41, 5.74) is 2.25. The Balaban J connectivity index is 2.28. The first-order valence-electron chi connectivity index (χ1n) is 6.37. The van der Waals surface area contributed by atoms with Crippen molar-refractivity contribution in [2.75, 3.05) is 5.32 Å². The van der Waals surface area contributed by atoms with Gasteiger partial charge in [0.25, 0.3) is 5.91 Å². The standard InChI is InChI=1S/C16H17NO3/c1-10-7-8-13(15(19)9-10)16(20)17-14-6-4-3-5-12(14)11(2)18/h3-9,11,18-19H,1-2H3,(H,17,20). The molecule has 0 saturated heterocycles. The quantitative estimate of drug-likeness (QED) is 0.803. The number of aryl methyl sites for hydroxylation is 1. The summed E-state index contributed by atoms with van der Waals surface area (Å²) in [6.45, 7) is 3.47. The topological polar surface area (TPSA) is 69.6 Å². The van der Waals surface area contributed by atoms with Gasteiger partial charge in [0.05, 0.1) is 11.7 Å². The molecule has 4 nitrogen and oxygen atoms in total. The van der Waals surface area contributed by atoms with Gasteiger partial charge in [-0.25, -0.2) is 0 Å². The molecular weight excluding hydrogens is 254 g/mol. The predicted molar refractivity (Wildman–Crippen MR) is 77.9 cm³/mol. The van der Waals surface area contributed by atoms with Gasteiger partial charge < -0.3 is 15.5 Å². The van der Waals surface area contributed by atoms with Crippen molar-refractivity contribution in [3.63, 3.8) is 0 Å². The summed E-state index contributed by atoms with van der Waals surface area (Å²) in [6, 6.07) is 11.9.